The van der Waals surface area contributed by atoms with E-state index in [1.807, 2.05) is 15.8 Å². The second-order valence-electron chi connectivity index (χ2n) is 4.94. The summed E-state index contributed by atoms with van der Waals surface area (Å²) < 4.78 is 31.5. The Kier molecular flexibility index (Phi) is 6.86. The van der Waals surface area contributed by atoms with E-state index in [4.69, 9.17) is 0 Å². The number of anilines is 1. The molecule has 1 aliphatic heterocycles. The molecular formula is C15H9Br4ClF2N2. The molecule has 0 saturated heterocycles. The lowest BCUT2D eigenvalue weighted by molar-refractivity contribution is -0.425. The van der Waals surface area contributed by atoms with Gasteiger partial charge in [-0.2, -0.15) is 0 Å². The highest BCUT2D eigenvalue weighted by Crippen LogP contribution is 2.38. The Bertz CT molecular complexity index is 783. The molecule has 0 saturated carbocycles. The monoisotopic (exact) mass is 606 g/mol. The van der Waals surface area contributed by atoms with Crippen LogP contribution in [0.2, 0.25) is 0 Å². The van der Waals surface area contributed by atoms with E-state index in [0.29, 0.717) is 17.9 Å². The maximum atomic E-state index is 13.4. The van der Waals surface area contributed by atoms with Crippen LogP contribution >= 0.6 is 63.7 Å². The van der Waals surface area contributed by atoms with Crippen molar-refractivity contribution in [1.82, 2.24) is 0 Å². The van der Waals surface area contributed by atoms with Gasteiger partial charge in [-0.05, 0) is 88.0 Å². The van der Waals surface area contributed by atoms with Crippen molar-refractivity contribution in [3.8, 4) is 0 Å². The van der Waals surface area contributed by atoms with Crippen LogP contribution in [0, 0.1) is 11.6 Å². The largest absolute Gasteiger partial charge is 1.00 e. The van der Waals surface area contributed by atoms with Crippen LogP contribution in [-0.2, 0) is 0 Å². The molecule has 0 fully saturated rings. The van der Waals surface area contributed by atoms with Gasteiger partial charge in [0.2, 0.25) is 6.34 Å². The highest BCUT2D eigenvalue weighted by atomic mass is 79.9. The van der Waals surface area contributed by atoms with Crippen molar-refractivity contribution in [2.75, 3.05) is 18.0 Å². The fourth-order valence-corrected chi connectivity index (χ4v) is 5.63. The molecule has 3 rings (SSSR count). The van der Waals surface area contributed by atoms with Crippen molar-refractivity contribution in [3.05, 3.63) is 53.8 Å². The first-order valence-electron chi connectivity index (χ1n) is 6.54. The molecule has 0 unspecified atom stereocenters. The number of benzene rings is 2. The van der Waals surface area contributed by atoms with Gasteiger partial charge in [0.15, 0.2) is 11.4 Å². The third kappa shape index (κ3) is 4.03. The van der Waals surface area contributed by atoms with Crippen LogP contribution in [0.15, 0.2) is 42.2 Å². The molecule has 0 spiro atoms. The van der Waals surface area contributed by atoms with Gasteiger partial charge in [0, 0.05) is 0 Å². The minimum Gasteiger partial charge on any atom is -1.00 e. The Morgan fingerprint density at radius 2 is 1.29 bits per heavy atom. The van der Waals surface area contributed by atoms with Crippen LogP contribution < -0.4 is 17.3 Å². The van der Waals surface area contributed by atoms with E-state index in [1.165, 1.54) is 24.3 Å². The van der Waals surface area contributed by atoms with Gasteiger partial charge in [0.1, 0.15) is 24.7 Å². The second kappa shape index (κ2) is 8.12. The summed E-state index contributed by atoms with van der Waals surface area (Å²) >= 11 is 13.6. The number of hydrogen-bond acceptors (Lipinski definition) is 1. The average Bonchev–Trinajstić information content (AvgIpc) is 2.85. The van der Waals surface area contributed by atoms with Crippen molar-refractivity contribution in [1.29, 1.82) is 0 Å². The van der Waals surface area contributed by atoms with Gasteiger partial charge in [0.25, 0.3) is 0 Å². The number of hydrogen-bond donors (Lipinski definition) is 0. The van der Waals surface area contributed by atoms with Gasteiger partial charge in [-0.15, -0.1) is 0 Å². The minimum atomic E-state index is -0.312. The molecule has 2 nitrogen and oxygen atoms in total. The summed E-state index contributed by atoms with van der Waals surface area (Å²) in [6, 6.07) is 5.72. The van der Waals surface area contributed by atoms with Crippen molar-refractivity contribution in [2.24, 2.45) is 0 Å². The molecule has 2 aromatic carbocycles. The molecule has 0 amide bonds. The zero-order chi connectivity index (χ0) is 16.7. The quantitative estimate of drug-likeness (QED) is 0.474. The molecule has 0 radical (unpaired) electrons. The normalized spacial score (nSPS) is 13.8. The Hall–Kier alpha value is -0.0200. The molecule has 0 aliphatic carbocycles. The molecule has 0 aromatic heterocycles. The molecule has 9 heteroatoms. The fourth-order valence-electron chi connectivity index (χ4n) is 2.46. The van der Waals surface area contributed by atoms with Gasteiger partial charge in [-0.1, -0.05) is 0 Å². The Morgan fingerprint density at radius 3 is 1.79 bits per heavy atom. The van der Waals surface area contributed by atoms with Gasteiger partial charge in [-0.3, -0.25) is 0 Å². The maximum absolute atomic E-state index is 13.4. The first kappa shape index (κ1) is 20.3. The van der Waals surface area contributed by atoms with Gasteiger partial charge >= 0.3 is 0 Å². The third-order valence-electron chi connectivity index (χ3n) is 3.40. The fraction of sp³-hybridized carbons (Fsp3) is 0.133. The first-order valence-corrected chi connectivity index (χ1v) is 9.71. The van der Waals surface area contributed by atoms with Crippen molar-refractivity contribution >= 4 is 81.4 Å². The number of halogens is 7. The van der Waals surface area contributed by atoms with E-state index in [9.17, 15) is 8.78 Å². The van der Waals surface area contributed by atoms with Crippen LogP contribution in [0.5, 0.6) is 0 Å². The summed E-state index contributed by atoms with van der Waals surface area (Å²) in [6.45, 7) is 1.44. The standard InChI is InChI=1S/C15H9Br4F2N2.ClH/c16-10-3-8(20)4-11(17)14(10)22-1-2-23(7-22)15-12(18)5-9(21)6-13(15)19;/h3-7H,1-2H2;1H/q+1;/p-1. The van der Waals surface area contributed by atoms with Gasteiger partial charge in [-0.25, -0.2) is 18.3 Å². The Morgan fingerprint density at radius 1 is 0.833 bits per heavy atom. The van der Waals surface area contributed by atoms with Gasteiger partial charge < -0.3 is 12.4 Å². The lowest BCUT2D eigenvalue weighted by Gasteiger charge is -2.10. The van der Waals surface area contributed by atoms with E-state index in [2.05, 4.69) is 63.7 Å². The third-order valence-corrected chi connectivity index (χ3v) is 5.82. The molecular weight excluding hydrogens is 601 g/mol. The number of rotatable bonds is 2. The minimum absolute atomic E-state index is 0. The summed E-state index contributed by atoms with van der Waals surface area (Å²) in [5.41, 5.74) is 1.70. The summed E-state index contributed by atoms with van der Waals surface area (Å²) in [7, 11) is 0. The number of nitrogens with zero attached hydrogens (tertiary/aromatic N) is 2. The smallest absolute Gasteiger partial charge is 0.244 e. The lowest BCUT2D eigenvalue weighted by atomic mass is 10.3. The molecule has 0 atom stereocenters. The predicted octanol–water partition coefficient (Wildman–Crippen LogP) is 3.21. The van der Waals surface area contributed by atoms with Crippen LogP contribution in [0.1, 0.15) is 0 Å². The van der Waals surface area contributed by atoms with Gasteiger partial charge in [0.05, 0.1) is 17.9 Å². The Balaban J connectivity index is 0.00000208. The molecule has 0 bridgehead atoms. The van der Waals surface area contributed by atoms with E-state index in [1.54, 1.807) is 0 Å². The second-order valence-corrected chi connectivity index (χ2v) is 8.36. The summed E-state index contributed by atoms with van der Waals surface area (Å²) in [5, 5.41) is 0. The van der Waals surface area contributed by atoms with Crippen molar-refractivity contribution in [2.45, 2.75) is 0 Å². The molecule has 1 heterocycles. The summed E-state index contributed by atoms with van der Waals surface area (Å²) in [4.78, 5) is 2.01. The topological polar surface area (TPSA) is 6.25 Å². The van der Waals surface area contributed by atoms with E-state index in [-0.39, 0.29) is 24.0 Å². The van der Waals surface area contributed by atoms with Crippen LogP contribution in [-0.4, -0.2) is 24.0 Å². The highest BCUT2D eigenvalue weighted by Gasteiger charge is 2.29. The van der Waals surface area contributed by atoms with Crippen molar-refractivity contribution in [3.63, 3.8) is 0 Å². The van der Waals surface area contributed by atoms with Crippen LogP contribution in [0.3, 0.4) is 0 Å². The molecule has 24 heavy (non-hydrogen) atoms. The zero-order valence-corrected chi connectivity index (χ0v) is 18.9. The van der Waals surface area contributed by atoms with E-state index in [0.717, 1.165) is 24.5 Å². The predicted molar refractivity (Wildman–Crippen MR) is 102 cm³/mol. The average molecular weight is 610 g/mol. The van der Waals surface area contributed by atoms with Crippen molar-refractivity contribution < 1.29 is 25.8 Å². The molecule has 2 aromatic rings. The van der Waals surface area contributed by atoms with Crippen LogP contribution in [0.4, 0.5) is 20.2 Å². The van der Waals surface area contributed by atoms with E-state index < -0.39 is 0 Å². The summed E-state index contributed by atoms with van der Waals surface area (Å²) in [5.74, 6) is -0.625. The van der Waals surface area contributed by atoms with E-state index >= 15 is 0 Å². The Labute approximate surface area is 177 Å². The SMILES string of the molecule is Fc1cc(Br)c(N2C=[N+](c3c(Br)cc(F)cc3Br)CC2)c(Br)c1.[Cl-]. The molecule has 0 N–H and O–H groups in total. The maximum Gasteiger partial charge on any atom is 0.244 e. The first-order chi connectivity index (χ1) is 10.9. The zero-order valence-electron chi connectivity index (χ0n) is 11.8. The molecule has 128 valence electrons. The molecule has 1 aliphatic rings. The summed E-state index contributed by atoms with van der Waals surface area (Å²) in [6.07, 6.45) is 1.92. The lowest BCUT2D eigenvalue weighted by Crippen LogP contribution is -3.00. The van der Waals surface area contributed by atoms with Crippen LogP contribution in [0.25, 0.3) is 0 Å². The highest BCUT2D eigenvalue weighted by molar-refractivity contribution is 9.11.